The highest BCUT2D eigenvalue weighted by molar-refractivity contribution is 7.98. The maximum Gasteiger partial charge on any atom is 0.280 e. The summed E-state index contributed by atoms with van der Waals surface area (Å²) in [6, 6.07) is 10.6. The van der Waals surface area contributed by atoms with Crippen molar-refractivity contribution >= 4 is 23.1 Å². The third-order valence-electron chi connectivity index (χ3n) is 3.57. The molecule has 10 nitrogen and oxygen atoms in total. The van der Waals surface area contributed by atoms with Crippen molar-refractivity contribution in [2.75, 3.05) is 7.11 Å². The molecule has 1 aromatic heterocycles. The summed E-state index contributed by atoms with van der Waals surface area (Å²) in [5.41, 5.74) is 0.359. The summed E-state index contributed by atoms with van der Waals surface area (Å²) >= 11 is 1.10. The maximum absolute atomic E-state index is 11.2. The van der Waals surface area contributed by atoms with Crippen molar-refractivity contribution in [2.45, 2.75) is 11.0 Å². The first-order chi connectivity index (χ1) is 13.0. The number of benzene rings is 2. The van der Waals surface area contributed by atoms with E-state index in [1.165, 1.54) is 12.1 Å². The second-order valence-corrected chi connectivity index (χ2v) is 6.14. The number of nitro benzene ring substituents is 2. The van der Waals surface area contributed by atoms with E-state index in [0.717, 1.165) is 17.8 Å². The average molecular weight is 388 g/mol. The number of nitro groups is 2. The predicted octanol–water partition coefficient (Wildman–Crippen LogP) is 3.85. The van der Waals surface area contributed by atoms with Gasteiger partial charge in [-0.3, -0.25) is 20.2 Å². The third kappa shape index (κ3) is 4.20. The van der Waals surface area contributed by atoms with Crippen LogP contribution in [0.1, 0.15) is 5.56 Å². The molecule has 0 spiro atoms. The largest absolute Gasteiger partial charge is 0.497 e. The van der Waals surface area contributed by atoms with Crippen molar-refractivity contribution in [3.8, 4) is 17.2 Å². The summed E-state index contributed by atoms with van der Waals surface area (Å²) in [5.74, 6) is 1.15. The Labute approximate surface area is 156 Å². The number of thioether (sulfide) groups is 1. The van der Waals surface area contributed by atoms with Gasteiger partial charge in [0.2, 0.25) is 5.89 Å². The highest BCUT2D eigenvalue weighted by Crippen LogP contribution is 2.31. The first kappa shape index (κ1) is 18.3. The Morgan fingerprint density at radius 1 is 1.07 bits per heavy atom. The van der Waals surface area contributed by atoms with Gasteiger partial charge in [-0.25, -0.2) is 0 Å². The molecule has 0 aliphatic carbocycles. The third-order valence-corrected chi connectivity index (χ3v) is 4.44. The average Bonchev–Trinajstić information content (AvgIpc) is 3.15. The van der Waals surface area contributed by atoms with Crippen LogP contribution in [0.5, 0.6) is 5.75 Å². The van der Waals surface area contributed by atoms with Crippen molar-refractivity contribution in [3.05, 3.63) is 68.3 Å². The van der Waals surface area contributed by atoms with Crippen molar-refractivity contribution in [1.29, 1.82) is 0 Å². The summed E-state index contributed by atoms with van der Waals surface area (Å²) in [6.07, 6.45) is 0. The fourth-order valence-electron chi connectivity index (χ4n) is 2.22. The molecular formula is C16H12N4O6S. The number of hydrogen-bond acceptors (Lipinski definition) is 9. The first-order valence-corrected chi connectivity index (χ1v) is 8.49. The van der Waals surface area contributed by atoms with Crippen LogP contribution in [0.3, 0.4) is 0 Å². The summed E-state index contributed by atoms with van der Waals surface area (Å²) in [4.78, 5) is 20.6. The lowest BCUT2D eigenvalue weighted by Gasteiger charge is -2.01. The zero-order valence-corrected chi connectivity index (χ0v) is 14.7. The van der Waals surface area contributed by atoms with Gasteiger partial charge in [0.25, 0.3) is 16.6 Å². The molecule has 0 radical (unpaired) electrons. The molecule has 1 heterocycles. The number of hydrogen-bond donors (Lipinski definition) is 0. The van der Waals surface area contributed by atoms with Gasteiger partial charge in [0, 0.05) is 22.9 Å². The minimum absolute atomic E-state index is 0.151. The van der Waals surface area contributed by atoms with Crippen LogP contribution in [-0.2, 0) is 5.75 Å². The van der Waals surface area contributed by atoms with E-state index in [0.29, 0.717) is 22.8 Å². The Bertz CT molecular complexity index is 989. The molecule has 3 aromatic rings. The number of aromatic nitrogens is 2. The molecule has 0 aliphatic rings. The number of rotatable bonds is 7. The lowest BCUT2D eigenvalue weighted by atomic mass is 10.2. The van der Waals surface area contributed by atoms with E-state index in [1.807, 2.05) is 0 Å². The summed E-state index contributed by atoms with van der Waals surface area (Å²) in [6.45, 7) is 0. The number of non-ortho nitro benzene ring substituents is 1. The van der Waals surface area contributed by atoms with E-state index in [2.05, 4.69) is 10.2 Å². The van der Waals surface area contributed by atoms with E-state index in [1.54, 1.807) is 31.4 Å². The van der Waals surface area contributed by atoms with Gasteiger partial charge in [0.15, 0.2) is 0 Å². The minimum atomic E-state index is -0.678. The van der Waals surface area contributed by atoms with E-state index in [4.69, 9.17) is 9.15 Å². The molecule has 0 saturated heterocycles. The predicted molar refractivity (Wildman–Crippen MR) is 95.6 cm³/mol. The van der Waals surface area contributed by atoms with Gasteiger partial charge in [0.1, 0.15) is 5.75 Å². The highest BCUT2D eigenvalue weighted by atomic mass is 32.2. The number of ether oxygens (including phenoxy) is 1. The fraction of sp³-hybridized carbons (Fsp3) is 0.125. The van der Waals surface area contributed by atoms with Crippen LogP contribution in [0.4, 0.5) is 11.4 Å². The molecule has 0 unspecified atom stereocenters. The van der Waals surface area contributed by atoms with Gasteiger partial charge in [-0.05, 0) is 30.3 Å². The minimum Gasteiger partial charge on any atom is -0.497 e. The normalized spacial score (nSPS) is 10.6. The number of methoxy groups -OCH3 is 1. The standard InChI is InChI=1S/C16H12N4O6S/c1-25-13-6-3-10(4-7-13)15-17-18-16(26-15)27-9-11-2-5-12(19(21)22)8-14(11)20(23)24/h2-8H,9H2,1H3. The Hall–Kier alpha value is -3.47. The molecule has 0 aliphatic heterocycles. The van der Waals surface area contributed by atoms with Gasteiger partial charge in [-0.2, -0.15) is 0 Å². The molecule has 0 fully saturated rings. The maximum atomic E-state index is 11.2. The fourth-order valence-corrected chi connectivity index (χ4v) is 2.98. The van der Waals surface area contributed by atoms with Crippen LogP contribution in [0.2, 0.25) is 0 Å². The Morgan fingerprint density at radius 2 is 1.81 bits per heavy atom. The van der Waals surface area contributed by atoms with Crippen molar-refractivity contribution < 1.29 is 19.0 Å². The van der Waals surface area contributed by atoms with E-state index in [-0.39, 0.29) is 22.4 Å². The Balaban J connectivity index is 1.74. The Kier molecular flexibility index (Phi) is 5.31. The summed E-state index contributed by atoms with van der Waals surface area (Å²) < 4.78 is 10.6. The topological polar surface area (TPSA) is 134 Å². The van der Waals surface area contributed by atoms with Gasteiger partial charge in [-0.15, -0.1) is 10.2 Å². The molecule has 2 aromatic carbocycles. The van der Waals surface area contributed by atoms with Crippen molar-refractivity contribution in [2.24, 2.45) is 0 Å². The molecule has 11 heteroatoms. The Morgan fingerprint density at radius 3 is 2.44 bits per heavy atom. The smallest absolute Gasteiger partial charge is 0.280 e. The van der Waals surface area contributed by atoms with Gasteiger partial charge in [0.05, 0.1) is 23.0 Å². The summed E-state index contributed by atoms with van der Waals surface area (Å²) in [7, 11) is 1.56. The zero-order valence-electron chi connectivity index (χ0n) is 13.9. The van der Waals surface area contributed by atoms with E-state index in [9.17, 15) is 20.2 Å². The van der Waals surface area contributed by atoms with Gasteiger partial charge < -0.3 is 9.15 Å². The van der Waals surface area contributed by atoms with Crippen LogP contribution in [0, 0.1) is 20.2 Å². The van der Waals surface area contributed by atoms with Crippen LogP contribution < -0.4 is 4.74 Å². The molecule has 0 bridgehead atoms. The second kappa shape index (κ2) is 7.83. The van der Waals surface area contributed by atoms with Crippen LogP contribution in [0.15, 0.2) is 52.1 Å². The highest BCUT2D eigenvalue weighted by Gasteiger charge is 2.20. The van der Waals surface area contributed by atoms with Crippen LogP contribution in [0.25, 0.3) is 11.5 Å². The molecule has 0 atom stereocenters. The van der Waals surface area contributed by atoms with Crippen LogP contribution >= 0.6 is 11.8 Å². The monoisotopic (exact) mass is 388 g/mol. The first-order valence-electron chi connectivity index (χ1n) is 7.50. The molecule has 27 heavy (non-hydrogen) atoms. The SMILES string of the molecule is COc1ccc(-c2nnc(SCc3ccc([N+](=O)[O-])cc3[N+](=O)[O-])o2)cc1. The number of nitrogens with zero attached hydrogens (tertiary/aromatic N) is 4. The van der Waals surface area contributed by atoms with Gasteiger partial charge in [-0.1, -0.05) is 11.8 Å². The molecule has 3 rings (SSSR count). The lowest BCUT2D eigenvalue weighted by Crippen LogP contribution is -1.97. The van der Waals surface area contributed by atoms with E-state index < -0.39 is 9.85 Å². The lowest BCUT2D eigenvalue weighted by molar-refractivity contribution is -0.394. The molecule has 138 valence electrons. The summed E-state index contributed by atoms with van der Waals surface area (Å²) in [5, 5.41) is 30.0. The molecular weight excluding hydrogens is 376 g/mol. The molecule has 0 amide bonds. The van der Waals surface area contributed by atoms with E-state index >= 15 is 0 Å². The molecule has 0 N–H and O–H groups in total. The van der Waals surface area contributed by atoms with Crippen molar-refractivity contribution in [3.63, 3.8) is 0 Å². The second-order valence-electron chi connectivity index (χ2n) is 5.22. The van der Waals surface area contributed by atoms with Crippen molar-refractivity contribution in [1.82, 2.24) is 10.2 Å². The quantitative estimate of drug-likeness (QED) is 0.336. The van der Waals surface area contributed by atoms with Gasteiger partial charge >= 0.3 is 0 Å². The van der Waals surface area contributed by atoms with Crippen LogP contribution in [-0.4, -0.2) is 27.2 Å². The zero-order chi connectivity index (χ0) is 19.4. The molecule has 0 saturated carbocycles.